The smallest absolute Gasteiger partial charge is 0.318 e. The van der Waals surface area contributed by atoms with Crippen molar-refractivity contribution >= 4 is 11.9 Å². The van der Waals surface area contributed by atoms with Crippen molar-refractivity contribution in [1.29, 1.82) is 0 Å². The van der Waals surface area contributed by atoms with E-state index >= 15 is 0 Å². The standard InChI is InChI=1S/C11H19NO3/c1-4-15-11(14)9-8(5-7(2)3)6-12-10(9)13/h7-9H,4-6H2,1-3H3,(H,12,13). The molecule has 0 aromatic heterocycles. The van der Waals surface area contributed by atoms with Crippen molar-refractivity contribution in [3.8, 4) is 0 Å². The minimum Gasteiger partial charge on any atom is -0.465 e. The van der Waals surface area contributed by atoms with Gasteiger partial charge in [0.2, 0.25) is 5.91 Å². The summed E-state index contributed by atoms with van der Waals surface area (Å²) in [6, 6.07) is 0. The van der Waals surface area contributed by atoms with Gasteiger partial charge < -0.3 is 10.1 Å². The second-order valence-corrected chi connectivity index (χ2v) is 4.36. The van der Waals surface area contributed by atoms with Crippen molar-refractivity contribution in [1.82, 2.24) is 5.32 Å². The van der Waals surface area contributed by atoms with Crippen LogP contribution in [0, 0.1) is 17.8 Å². The molecular weight excluding hydrogens is 194 g/mol. The molecule has 0 bridgehead atoms. The maximum Gasteiger partial charge on any atom is 0.318 e. The predicted molar refractivity (Wildman–Crippen MR) is 56.1 cm³/mol. The molecule has 4 heteroatoms. The van der Waals surface area contributed by atoms with E-state index in [1.807, 2.05) is 0 Å². The molecule has 2 unspecified atom stereocenters. The summed E-state index contributed by atoms with van der Waals surface area (Å²) in [5, 5.41) is 2.72. The van der Waals surface area contributed by atoms with Crippen LogP contribution >= 0.6 is 0 Å². The summed E-state index contributed by atoms with van der Waals surface area (Å²) in [5.41, 5.74) is 0. The van der Waals surface area contributed by atoms with Crippen LogP contribution < -0.4 is 5.32 Å². The van der Waals surface area contributed by atoms with Crippen LogP contribution in [-0.2, 0) is 14.3 Å². The van der Waals surface area contributed by atoms with Gasteiger partial charge in [0.05, 0.1) is 6.61 Å². The fourth-order valence-electron chi connectivity index (χ4n) is 2.03. The lowest BCUT2D eigenvalue weighted by Gasteiger charge is -2.16. The van der Waals surface area contributed by atoms with E-state index in [9.17, 15) is 9.59 Å². The van der Waals surface area contributed by atoms with Crippen LogP contribution in [0.1, 0.15) is 27.2 Å². The van der Waals surface area contributed by atoms with Gasteiger partial charge in [0.1, 0.15) is 5.92 Å². The number of carbonyl (C=O) groups is 2. The molecule has 1 aliphatic rings. The van der Waals surface area contributed by atoms with Gasteiger partial charge in [0.25, 0.3) is 0 Å². The minimum atomic E-state index is -0.590. The molecule has 1 fully saturated rings. The van der Waals surface area contributed by atoms with Crippen LogP contribution in [0.5, 0.6) is 0 Å². The number of rotatable bonds is 4. The summed E-state index contributed by atoms with van der Waals surface area (Å²) >= 11 is 0. The molecule has 1 N–H and O–H groups in total. The zero-order valence-corrected chi connectivity index (χ0v) is 9.58. The van der Waals surface area contributed by atoms with Gasteiger partial charge in [0.15, 0.2) is 0 Å². The first-order valence-electron chi connectivity index (χ1n) is 5.50. The highest BCUT2D eigenvalue weighted by Crippen LogP contribution is 2.25. The third-order valence-corrected chi connectivity index (χ3v) is 2.61. The van der Waals surface area contributed by atoms with E-state index in [-0.39, 0.29) is 17.8 Å². The Labute approximate surface area is 90.4 Å². The lowest BCUT2D eigenvalue weighted by atomic mass is 9.88. The van der Waals surface area contributed by atoms with Crippen LogP contribution in [0.2, 0.25) is 0 Å². The Morgan fingerprint density at radius 2 is 2.27 bits per heavy atom. The predicted octanol–water partition coefficient (Wildman–Crippen LogP) is 0.958. The molecule has 0 saturated carbocycles. The highest BCUT2D eigenvalue weighted by Gasteiger charge is 2.41. The van der Waals surface area contributed by atoms with Gasteiger partial charge in [-0.25, -0.2) is 0 Å². The van der Waals surface area contributed by atoms with Gasteiger partial charge in [0, 0.05) is 6.54 Å². The first-order chi connectivity index (χ1) is 7.06. The molecule has 86 valence electrons. The Morgan fingerprint density at radius 1 is 1.60 bits per heavy atom. The quantitative estimate of drug-likeness (QED) is 0.559. The zero-order chi connectivity index (χ0) is 11.4. The summed E-state index contributed by atoms with van der Waals surface area (Å²) in [7, 11) is 0. The molecule has 2 atom stereocenters. The van der Waals surface area contributed by atoms with Gasteiger partial charge in [-0.3, -0.25) is 9.59 Å². The van der Waals surface area contributed by atoms with Crippen molar-refractivity contribution in [3.63, 3.8) is 0 Å². The monoisotopic (exact) mass is 213 g/mol. The van der Waals surface area contributed by atoms with E-state index in [4.69, 9.17) is 4.74 Å². The number of carbonyl (C=O) groups excluding carboxylic acids is 2. The fourth-order valence-corrected chi connectivity index (χ4v) is 2.03. The van der Waals surface area contributed by atoms with Crippen molar-refractivity contribution in [2.75, 3.05) is 13.2 Å². The van der Waals surface area contributed by atoms with Gasteiger partial charge >= 0.3 is 5.97 Å². The number of amides is 1. The third kappa shape index (κ3) is 2.94. The third-order valence-electron chi connectivity index (χ3n) is 2.61. The van der Waals surface area contributed by atoms with Crippen LogP contribution in [0.4, 0.5) is 0 Å². The molecule has 15 heavy (non-hydrogen) atoms. The molecule has 1 amide bonds. The SMILES string of the molecule is CCOC(=O)C1C(=O)NCC1CC(C)C. The molecule has 4 nitrogen and oxygen atoms in total. The average molecular weight is 213 g/mol. The summed E-state index contributed by atoms with van der Waals surface area (Å²) in [6.07, 6.45) is 0.877. The van der Waals surface area contributed by atoms with Gasteiger partial charge in [-0.05, 0) is 25.2 Å². The molecule has 0 spiro atoms. The van der Waals surface area contributed by atoms with Crippen molar-refractivity contribution in [3.05, 3.63) is 0 Å². The molecule has 1 saturated heterocycles. The Bertz CT molecular complexity index is 250. The maximum atomic E-state index is 11.6. The fraction of sp³-hybridized carbons (Fsp3) is 0.818. The molecule has 0 aromatic rings. The van der Waals surface area contributed by atoms with Gasteiger partial charge in [-0.2, -0.15) is 0 Å². The second kappa shape index (κ2) is 5.14. The molecule has 1 heterocycles. The van der Waals surface area contributed by atoms with E-state index in [0.29, 0.717) is 19.1 Å². The van der Waals surface area contributed by atoms with Crippen LogP contribution in [0.3, 0.4) is 0 Å². The molecule has 1 aliphatic heterocycles. The number of esters is 1. The summed E-state index contributed by atoms with van der Waals surface area (Å²) in [4.78, 5) is 23.0. The Balaban J connectivity index is 2.64. The summed E-state index contributed by atoms with van der Waals surface area (Å²) < 4.78 is 4.91. The number of nitrogens with one attached hydrogen (secondary N) is 1. The number of ether oxygens (including phenoxy) is 1. The molecule has 0 aromatic carbocycles. The van der Waals surface area contributed by atoms with Crippen molar-refractivity contribution in [2.45, 2.75) is 27.2 Å². The van der Waals surface area contributed by atoms with Crippen molar-refractivity contribution in [2.24, 2.45) is 17.8 Å². The number of hydrogen-bond acceptors (Lipinski definition) is 3. The van der Waals surface area contributed by atoms with Crippen molar-refractivity contribution < 1.29 is 14.3 Å². The lowest BCUT2D eigenvalue weighted by molar-refractivity contribution is -0.152. The average Bonchev–Trinajstić information content (AvgIpc) is 2.46. The van der Waals surface area contributed by atoms with Crippen LogP contribution in [0.25, 0.3) is 0 Å². The van der Waals surface area contributed by atoms with Gasteiger partial charge in [-0.1, -0.05) is 13.8 Å². The van der Waals surface area contributed by atoms with E-state index in [0.717, 1.165) is 6.42 Å². The van der Waals surface area contributed by atoms with Gasteiger partial charge in [-0.15, -0.1) is 0 Å². The highest BCUT2D eigenvalue weighted by atomic mass is 16.5. The van der Waals surface area contributed by atoms with Crippen LogP contribution in [0.15, 0.2) is 0 Å². The largest absolute Gasteiger partial charge is 0.465 e. The first kappa shape index (κ1) is 12.0. The normalized spacial score (nSPS) is 25.5. The van der Waals surface area contributed by atoms with E-state index in [1.165, 1.54) is 0 Å². The molecule has 0 aliphatic carbocycles. The summed E-state index contributed by atoms with van der Waals surface area (Å²) in [6.45, 7) is 6.86. The Kier molecular flexibility index (Phi) is 4.12. The van der Waals surface area contributed by atoms with E-state index in [1.54, 1.807) is 6.92 Å². The van der Waals surface area contributed by atoms with E-state index < -0.39 is 5.92 Å². The Morgan fingerprint density at radius 3 is 2.80 bits per heavy atom. The minimum absolute atomic E-state index is 0.0940. The zero-order valence-electron chi connectivity index (χ0n) is 9.58. The second-order valence-electron chi connectivity index (χ2n) is 4.36. The number of hydrogen-bond donors (Lipinski definition) is 1. The molecule has 1 rings (SSSR count). The molecular formula is C11H19NO3. The molecule has 0 radical (unpaired) electrons. The topological polar surface area (TPSA) is 55.4 Å². The first-order valence-corrected chi connectivity index (χ1v) is 5.50. The van der Waals surface area contributed by atoms with Crippen LogP contribution in [-0.4, -0.2) is 25.0 Å². The lowest BCUT2D eigenvalue weighted by Crippen LogP contribution is -2.30. The summed E-state index contributed by atoms with van der Waals surface area (Å²) in [5.74, 6) is -0.569. The maximum absolute atomic E-state index is 11.6. The van der Waals surface area contributed by atoms with E-state index in [2.05, 4.69) is 19.2 Å². The Hall–Kier alpha value is -1.06. The highest BCUT2D eigenvalue weighted by molar-refractivity contribution is 5.99.